The Morgan fingerprint density at radius 2 is 1.79 bits per heavy atom. The Bertz CT molecular complexity index is 176. The monoisotopic (exact) mass is 195 g/mol. The molecule has 82 valence electrons. The summed E-state index contributed by atoms with van der Waals surface area (Å²) >= 11 is 0. The second-order valence-corrected chi connectivity index (χ2v) is 6.07. The molecule has 0 amide bonds. The Labute approximate surface area is 88.7 Å². The molecule has 0 heterocycles. The summed E-state index contributed by atoms with van der Waals surface area (Å²) in [5, 5.41) is 3.67. The summed E-state index contributed by atoms with van der Waals surface area (Å²) in [6, 6.07) is 0. The second kappa shape index (κ2) is 4.22. The molecule has 2 rings (SSSR count). The molecule has 1 N–H and O–H groups in total. The van der Waals surface area contributed by atoms with Gasteiger partial charge in [-0.05, 0) is 49.5 Å². The molecule has 0 aromatic carbocycles. The van der Waals surface area contributed by atoms with Gasteiger partial charge in [0, 0.05) is 6.54 Å². The summed E-state index contributed by atoms with van der Waals surface area (Å²) < 4.78 is 0. The molecule has 1 nitrogen and oxygen atoms in total. The van der Waals surface area contributed by atoms with Crippen molar-refractivity contribution < 1.29 is 0 Å². The van der Waals surface area contributed by atoms with Crippen LogP contribution >= 0.6 is 0 Å². The van der Waals surface area contributed by atoms with Crippen LogP contribution in [0.5, 0.6) is 0 Å². The molecule has 0 atom stereocenters. The summed E-state index contributed by atoms with van der Waals surface area (Å²) in [4.78, 5) is 0. The summed E-state index contributed by atoms with van der Waals surface area (Å²) in [6.45, 7) is 7.35. The van der Waals surface area contributed by atoms with Gasteiger partial charge < -0.3 is 5.32 Å². The van der Waals surface area contributed by atoms with Crippen molar-refractivity contribution in [3.05, 3.63) is 0 Å². The smallest absolute Gasteiger partial charge is 0.000528 e. The maximum absolute atomic E-state index is 3.67. The highest BCUT2D eigenvalue weighted by atomic mass is 14.9. The molecule has 14 heavy (non-hydrogen) atoms. The Balaban J connectivity index is 1.57. The van der Waals surface area contributed by atoms with Crippen molar-refractivity contribution in [3.8, 4) is 0 Å². The summed E-state index contributed by atoms with van der Waals surface area (Å²) in [7, 11) is 0. The number of hydrogen-bond acceptors (Lipinski definition) is 1. The van der Waals surface area contributed by atoms with E-state index in [-0.39, 0.29) is 0 Å². The van der Waals surface area contributed by atoms with Crippen LogP contribution in [0, 0.1) is 17.3 Å². The lowest BCUT2D eigenvalue weighted by Crippen LogP contribution is -2.29. The topological polar surface area (TPSA) is 12.0 Å². The van der Waals surface area contributed by atoms with Gasteiger partial charge in [0.1, 0.15) is 0 Å². The van der Waals surface area contributed by atoms with Gasteiger partial charge in [0.05, 0.1) is 0 Å². The van der Waals surface area contributed by atoms with E-state index >= 15 is 0 Å². The Hall–Kier alpha value is -0.0400. The first-order valence-electron chi connectivity index (χ1n) is 6.39. The molecule has 2 aliphatic carbocycles. The van der Waals surface area contributed by atoms with Gasteiger partial charge in [-0.25, -0.2) is 0 Å². The third kappa shape index (κ3) is 2.98. The van der Waals surface area contributed by atoms with Crippen molar-refractivity contribution in [2.24, 2.45) is 17.3 Å². The Morgan fingerprint density at radius 1 is 1.14 bits per heavy atom. The molecule has 0 spiro atoms. The highest BCUT2D eigenvalue weighted by Crippen LogP contribution is 2.44. The van der Waals surface area contributed by atoms with Crippen LogP contribution in [0.4, 0.5) is 0 Å². The lowest BCUT2D eigenvalue weighted by atomic mass is 9.83. The molecule has 0 aromatic rings. The van der Waals surface area contributed by atoms with Gasteiger partial charge in [0.25, 0.3) is 0 Å². The zero-order chi connectivity index (χ0) is 10.0. The Kier molecular flexibility index (Phi) is 3.16. The highest BCUT2D eigenvalue weighted by molar-refractivity contribution is 4.90. The number of hydrogen-bond donors (Lipinski definition) is 1. The molecule has 0 radical (unpaired) electrons. The molecule has 2 aliphatic rings. The van der Waals surface area contributed by atoms with Crippen LogP contribution in [0.25, 0.3) is 0 Å². The van der Waals surface area contributed by atoms with Crippen LogP contribution in [-0.4, -0.2) is 13.1 Å². The fourth-order valence-corrected chi connectivity index (χ4v) is 2.50. The standard InChI is InChI=1S/C13H25N/c1-11-3-5-12(6-4-11)9-14-10-13(2)7-8-13/h11-12,14H,3-10H2,1-2H3. The van der Waals surface area contributed by atoms with Crippen molar-refractivity contribution in [2.45, 2.75) is 52.4 Å². The van der Waals surface area contributed by atoms with E-state index in [2.05, 4.69) is 19.2 Å². The van der Waals surface area contributed by atoms with E-state index in [0.717, 1.165) is 11.8 Å². The highest BCUT2D eigenvalue weighted by Gasteiger charge is 2.36. The van der Waals surface area contributed by atoms with Gasteiger partial charge in [-0.3, -0.25) is 0 Å². The van der Waals surface area contributed by atoms with Crippen molar-refractivity contribution in [1.29, 1.82) is 0 Å². The van der Waals surface area contributed by atoms with E-state index in [1.165, 1.54) is 51.6 Å². The number of nitrogens with one attached hydrogen (secondary N) is 1. The first-order valence-corrected chi connectivity index (χ1v) is 6.39. The predicted octanol–water partition coefficient (Wildman–Crippen LogP) is 3.20. The van der Waals surface area contributed by atoms with E-state index in [9.17, 15) is 0 Å². The quantitative estimate of drug-likeness (QED) is 0.726. The molecule has 0 bridgehead atoms. The molecular formula is C13H25N. The first-order chi connectivity index (χ1) is 6.68. The zero-order valence-electron chi connectivity index (χ0n) is 9.81. The average Bonchev–Trinajstić information content (AvgIpc) is 2.88. The molecule has 0 saturated heterocycles. The lowest BCUT2D eigenvalue weighted by Gasteiger charge is -2.26. The summed E-state index contributed by atoms with van der Waals surface area (Å²) in [6.07, 6.45) is 8.74. The normalized spacial score (nSPS) is 35.6. The van der Waals surface area contributed by atoms with E-state index in [1.54, 1.807) is 0 Å². The third-order valence-electron chi connectivity index (χ3n) is 4.22. The maximum atomic E-state index is 3.67. The summed E-state index contributed by atoms with van der Waals surface area (Å²) in [5.41, 5.74) is 0.682. The van der Waals surface area contributed by atoms with E-state index in [4.69, 9.17) is 0 Å². The third-order valence-corrected chi connectivity index (χ3v) is 4.22. The lowest BCUT2D eigenvalue weighted by molar-refractivity contribution is 0.277. The van der Waals surface area contributed by atoms with Gasteiger partial charge in [0.2, 0.25) is 0 Å². The van der Waals surface area contributed by atoms with Crippen LogP contribution in [0.2, 0.25) is 0 Å². The van der Waals surface area contributed by atoms with Gasteiger partial charge in [-0.1, -0.05) is 26.7 Å². The van der Waals surface area contributed by atoms with Crippen LogP contribution in [0.15, 0.2) is 0 Å². The molecule has 2 saturated carbocycles. The molecular weight excluding hydrogens is 170 g/mol. The minimum Gasteiger partial charge on any atom is -0.316 e. The van der Waals surface area contributed by atoms with Crippen molar-refractivity contribution >= 4 is 0 Å². The average molecular weight is 195 g/mol. The molecule has 0 aliphatic heterocycles. The SMILES string of the molecule is CC1CCC(CNCC2(C)CC2)CC1. The predicted molar refractivity (Wildman–Crippen MR) is 61.3 cm³/mol. The Morgan fingerprint density at radius 3 is 2.36 bits per heavy atom. The maximum Gasteiger partial charge on any atom is 0.000528 e. The van der Waals surface area contributed by atoms with Crippen LogP contribution in [-0.2, 0) is 0 Å². The minimum absolute atomic E-state index is 0.682. The van der Waals surface area contributed by atoms with Crippen LogP contribution in [0.3, 0.4) is 0 Å². The number of rotatable bonds is 4. The molecule has 1 heteroatoms. The van der Waals surface area contributed by atoms with Gasteiger partial charge in [-0.2, -0.15) is 0 Å². The molecule has 0 aromatic heterocycles. The van der Waals surface area contributed by atoms with Crippen LogP contribution < -0.4 is 5.32 Å². The fraction of sp³-hybridized carbons (Fsp3) is 1.00. The van der Waals surface area contributed by atoms with E-state index < -0.39 is 0 Å². The minimum atomic E-state index is 0.682. The van der Waals surface area contributed by atoms with Gasteiger partial charge in [0.15, 0.2) is 0 Å². The van der Waals surface area contributed by atoms with Gasteiger partial charge in [-0.15, -0.1) is 0 Å². The summed E-state index contributed by atoms with van der Waals surface area (Å²) in [5.74, 6) is 1.97. The largest absolute Gasteiger partial charge is 0.316 e. The van der Waals surface area contributed by atoms with E-state index in [1.807, 2.05) is 0 Å². The first kappa shape index (κ1) is 10.5. The van der Waals surface area contributed by atoms with Crippen molar-refractivity contribution in [1.82, 2.24) is 5.32 Å². The van der Waals surface area contributed by atoms with Gasteiger partial charge >= 0.3 is 0 Å². The van der Waals surface area contributed by atoms with Crippen molar-refractivity contribution in [3.63, 3.8) is 0 Å². The zero-order valence-corrected chi connectivity index (χ0v) is 9.81. The van der Waals surface area contributed by atoms with E-state index in [0.29, 0.717) is 5.41 Å². The molecule has 0 unspecified atom stereocenters. The van der Waals surface area contributed by atoms with Crippen LogP contribution in [0.1, 0.15) is 52.4 Å². The fourth-order valence-electron chi connectivity index (χ4n) is 2.50. The van der Waals surface area contributed by atoms with Crippen molar-refractivity contribution in [2.75, 3.05) is 13.1 Å². The second-order valence-electron chi connectivity index (χ2n) is 6.07. The molecule has 2 fully saturated rings.